The van der Waals surface area contributed by atoms with Crippen molar-refractivity contribution in [2.75, 3.05) is 0 Å². The first-order chi connectivity index (χ1) is 14.5. The molecule has 0 amide bonds. The van der Waals surface area contributed by atoms with E-state index in [0.717, 1.165) is 0 Å². The Balaban J connectivity index is 0.000000562. The van der Waals surface area contributed by atoms with E-state index in [1.807, 2.05) is 0 Å². The minimum atomic E-state index is 0. The zero-order chi connectivity index (χ0) is 22.8. The van der Waals surface area contributed by atoms with Crippen LogP contribution in [0.3, 0.4) is 0 Å². The van der Waals surface area contributed by atoms with Gasteiger partial charge in [-0.3, -0.25) is 0 Å². The fourth-order valence-electron chi connectivity index (χ4n) is 6.09. The molecular weight excluding hydrogens is 416 g/mol. The third kappa shape index (κ3) is 6.17. The zero-order valence-electron chi connectivity index (χ0n) is 22.4. The van der Waals surface area contributed by atoms with Crippen molar-refractivity contribution in [1.29, 1.82) is 0 Å². The van der Waals surface area contributed by atoms with Gasteiger partial charge in [0.15, 0.2) is 0 Å². The Labute approximate surface area is 205 Å². The van der Waals surface area contributed by atoms with E-state index in [-0.39, 0.29) is 17.1 Å². The number of hydrogen-bond donors (Lipinski definition) is 0. The van der Waals surface area contributed by atoms with E-state index in [9.17, 15) is 0 Å². The van der Waals surface area contributed by atoms with Gasteiger partial charge in [0.2, 0.25) is 0 Å². The van der Waals surface area contributed by atoms with Crippen molar-refractivity contribution in [1.82, 2.24) is 0 Å². The molecule has 0 atom stereocenters. The minimum absolute atomic E-state index is 0. The van der Waals surface area contributed by atoms with Gasteiger partial charge in [-0.15, -0.1) is 0 Å². The third-order valence-corrected chi connectivity index (χ3v) is 7.18. The van der Waals surface area contributed by atoms with Crippen LogP contribution < -0.4 is 0 Å². The minimum Gasteiger partial charge on any atom is -0.192 e. The Morgan fingerprint density at radius 1 is 0.355 bits per heavy atom. The van der Waals surface area contributed by atoms with E-state index >= 15 is 0 Å². The Morgan fingerprint density at radius 3 is 0.645 bits per heavy atom. The van der Waals surface area contributed by atoms with Crippen LogP contribution >= 0.6 is 0 Å². The summed E-state index contributed by atoms with van der Waals surface area (Å²) in [7, 11) is 0. The van der Waals surface area contributed by atoms with Crippen molar-refractivity contribution in [2.45, 2.75) is 133 Å². The smallest absolute Gasteiger partial charge is 0.192 e. The number of rotatable bonds is 10. The first kappa shape index (κ1) is 30.2. The van der Waals surface area contributed by atoms with Gasteiger partial charge in [-0.1, -0.05) is 133 Å². The fourth-order valence-corrected chi connectivity index (χ4v) is 6.09. The van der Waals surface area contributed by atoms with Crippen molar-refractivity contribution >= 4 is 0 Å². The normalized spacial score (nSPS) is 10.6. The predicted molar refractivity (Wildman–Crippen MR) is 138 cm³/mol. The molecule has 0 bridgehead atoms. The summed E-state index contributed by atoms with van der Waals surface area (Å²) in [6.45, 7) is 23.0. The van der Waals surface area contributed by atoms with Crippen molar-refractivity contribution < 1.29 is 17.1 Å². The maximum atomic E-state index is 2.30. The van der Waals surface area contributed by atoms with Gasteiger partial charge in [0.05, 0.1) is 0 Å². The van der Waals surface area contributed by atoms with E-state index in [1.165, 1.54) is 64.2 Å². The molecule has 0 unspecified atom stereocenters. The van der Waals surface area contributed by atoms with Gasteiger partial charge in [-0.2, -0.15) is 55.6 Å². The van der Waals surface area contributed by atoms with Gasteiger partial charge in [-0.25, -0.2) is 0 Å². The monoisotopic (exact) mass is 466 g/mol. The van der Waals surface area contributed by atoms with Crippen LogP contribution in [0.15, 0.2) is 0 Å². The Hall–Kier alpha value is -0.781. The average molecular weight is 467 g/mol. The summed E-state index contributed by atoms with van der Waals surface area (Å²) in [5.74, 6) is 0. The molecule has 2 rings (SSSR count). The summed E-state index contributed by atoms with van der Waals surface area (Å²) in [6.07, 6.45) is 12.1. The van der Waals surface area contributed by atoms with Crippen molar-refractivity contribution in [2.24, 2.45) is 0 Å². The van der Waals surface area contributed by atoms with Crippen LogP contribution in [0.4, 0.5) is 0 Å². The Morgan fingerprint density at radius 2 is 0.548 bits per heavy atom. The topological polar surface area (TPSA) is 0 Å². The second kappa shape index (κ2) is 15.1. The molecule has 2 aromatic rings. The fraction of sp³-hybridized carbons (Fsp3) is 0.667. The van der Waals surface area contributed by atoms with Crippen LogP contribution in [0.5, 0.6) is 0 Å². The molecule has 0 aromatic heterocycles. The van der Waals surface area contributed by atoms with E-state index in [2.05, 4.69) is 69.2 Å². The molecule has 0 nitrogen and oxygen atoms in total. The van der Waals surface area contributed by atoms with Crippen molar-refractivity contribution in [3.63, 3.8) is 0 Å². The van der Waals surface area contributed by atoms with E-state index in [4.69, 9.17) is 0 Å². The second-order valence-corrected chi connectivity index (χ2v) is 8.32. The molecule has 0 aliphatic carbocycles. The molecule has 0 fully saturated rings. The SMILES string of the molecule is CCc1c(CC)c(CC)[c-](CC)c1CC.CCc1c(CC)c(CC)[c-](CC)c1CC.[Fe+2]. The maximum Gasteiger partial charge on any atom is 2.00 e. The molecule has 0 saturated carbocycles. The van der Waals surface area contributed by atoms with Gasteiger partial charge in [-0.05, 0) is 0 Å². The maximum absolute atomic E-state index is 2.30. The summed E-state index contributed by atoms with van der Waals surface area (Å²) in [4.78, 5) is 0. The van der Waals surface area contributed by atoms with E-state index < -0.39 is 0 Å². The number of hydrogen-bond acceptors (Lipinski definition) is 0. The predicted octanol–water partition coefficient (Wildman–Crippen LogP) is 8.43. The summed E-state index contributed by atoms with van der Waals surface area (Å²) in [5, 5.41) is 0. The molecule has 0 radical (unpaired) electrons. The van der Waals surface area contributed by atoms with Crippen LogP contribution in [0.2, 0.25) is 0 Å². The van der Waals surface area contributed by atoms with Crippen LogP contribution in [-0.2, 0) is 81.3 Å². The zero-order valence-corrected chi connectivity index (χ0v) is 23.5. The first-order valence-electron chi connectivity index (χ1n) is 13.1. The van der Waals surface area contributed by atoms with Gasteiger partial charge in [0, 0.05) is 0 Å². The first-order valence-corrected chi connectivity index (χ1v) is 13.1. The molecule has 0 saturated heterocycles. The van der Waals surface area contributed by atoms with Crippen LogP contribution in [0.25, 0.3) is 0 Å². The molecule has 31 heavy (non-hydrogen) atoms. The van der Waals surface area contributed by atoms with Crippen LogP contribution in [-0.4, -0.2) is 0 Å². The summed E-state index contributed by atoms with van der Waals surface area (Å²) in [5.41, 5.74) is 16.6. The summed E-state index contributed by atoms with van der Waals surface area (Å²) >= 11 is 0. The molecular formula is C30H50Fe. The summed E-state index contributed by atoms with van der Waals surface area (Å²) < 4.78 is 0. The Bertz CT molecular complexity index is 519. The molecule has 0 aliphatic rings. The molecule has 0 aliphatic heterocycles. The second-order valence-electron chi connectivity index (χ2n) is 8.32. The van der Waals surface area contributed by atoms with Gasteiger partial charge >= 0.3 is 17.1 Å². The van der Waals surface area contributed by atoms with E-state index in [1.54, 1.807) is 55.6 Å². The van der Waals surface area contributed by atoms with Crippen LogP contribution in [0.1, 0.15) is 125 Å². The van der Waals surface area contributed by atoms with Gasteiger partial charge in [0.25, 0.3) is 0 Å². The molecule has 178 valence electrons. The van der Waals surface area contributed by atoms with Crippen molar-refractivity contribution in [3.8, 4) is 0 Å². The molecule has 1 heteroatoms. The molecule has 0 spiro atoms. The largest absolute Gasteiger partial charge is 2.00 e. The van der Waals surface area contributed by atoms with Gasteiger partial charge < -0.3 is 0 Å². The third-order valence-electron chi connectivity index (χ3n) is 7.18. The molecule has 0 N–H and O–H groups in total. The van der Waals surface area contributed by atoms with Gasteiger partial charge in [0.1, 0.15) is 0 Å². The van der Waals surface area contributed by atoms with Crippen LogP contribution in [0, 0.1) is 0 Å². The molecule has 2 aromatic carbocycles. The quantitative estimate of drug-likeness (QED) is 0.243. The molecule has 0 heterocycles. The Kier molecular flexibility index (Phi) is 14.7. The van der Waals surface area contributed by atoms with E-state index in [0.29, 0.717) is 0 Å². The summed E-state index contributed by atoms with van der Waals surface area (Å²) in [6, 6.07) is 0. The van der Waals surface area contributed by atoms with Crippen molar-refractivity contribution in [3.05, 3.63) is 55.6 Å². The average Bonchev–Trinajstić information content (AvgIpc) is 3.27. The standard InChI is InChI=1S/2C15H25.Fe/c2*1-6-11-12(7-2)14(9-4)15(10-5)13(11)8-3;/h2*6-10H2,1-5H3;/q2*-1;+2.